The summed E-state index contributed by atoms with van der Waals surface area (Å²) in [5.74, 6) is -3.18. The lowest BCUT2D eigenvalue weighted by Gasteiger charge is -2.31. The molecule has 1 heterocycles. The third kappa shape index (κ3) is 4.63. The van der Waals surface area contributed by atoms with Crippen molar-refractivity contribution >= 4 is 11.9 Å². The molecule has 1 aliphatic rings. The Kier molecular flexibility index (Phi) is 4.53. The van der Waals surface area contributed by atoms with E-state index in [2.05, 4.69) is 5.32 Å². The van der Waals surface area contributed by atoms with Crippen molar-refractivity contribution in [2.75, 3.05) is 6.54 Å². The molecule has 0 aromatic heterocycles. The maximum absolute atomic E-state index is 10.6. The fourth-order valence-corrected chi connectivity index (χ4v) is 0.802. The number of nitrogens with one attached hydrogen (secondary N) is 1. The van der Waals surface area contributed by atoms with E-state index >= 15 is 0 Å². The lowest BCUT2D eigenvalue weighted by Crippen LogP contribution is -2.55. The summed E-state index contributed by atoms with van der Waals surface area (Å²) in [5, 5.41) is 18.3. The van der Waals surface area contributed by atoms with Gasteiger partial charge in [0.2, 0.25) is 0 Å². The molecule has 1 rings (SSSR count). The zero-order valence-electron chi connectivity index (χ0n) is 7.71. The maximum Gasteiger partial charge on any atom is 0.490 e. The van der Waals surface area contributed by atoms with Crippen LogP contribution in [-0.4, -0.2) is 40.9 Å². The molecule has 15 heavy (non-hydrogen) atoms. The molecular formula is C7H10F3NO4. The van der Waals surface area contributed by atoms with E-state index in [1.807, 2.05) is 6.92 Å². The second-order valence-corrected chi connectivity index (χ2v) is 3.00. The van der Waals surface area contributed by atoms with Crippen molar-refractivity contribution < 1.29 is 33.0 Å². The number of halogens is 3. The Morgan fingerprint density at radius 1 is 1.33 bits per heavy atom. The first-order valence-corrected chi connectivity index (χ1v) is 3.92. The monoisotopic (exact) mass is 229 g/mol. The quantitative estimate of drug-likeness (QED) is 0.602. The van der Waals surface area contributed by atoms with Gasteiger partial charge in [-0.1, -0.05) is 6.92 Å². The van der Waals surface area contributed by atoms with Gasteiger partial charge in [-0.05, 0) is 5.92 Å². The molecule has 0 aliphatic carbocycles. The summed E-state index contributed by atoms with van der Waals surface area (Å²) < 4.78 is 31.7. The Hall–Kier alpha value is -1.31. The van der Waals surface area contributed by atoms with Crippen molar-refractivity contribution in [3.8, 4) is 0 Å². The molecule has 3 N–H and O–H groups in total. The molecule has 0 spiro atoms. The summed E-state index contributed by atoms with van der Waals surface area (Å²) in [6.45, 7) is 2.77. The Morgan fingerprint density at radius 3 is 1.73 bits per heavy atom. The third-order valence-electron chi connectivity index (χ3n) is 1.74. The molecule has 0 unspecified atom stereocenters. The molecule has 1 aliphatic heterocycles. The Balaban J connectivity index is 0.000000265. The van der Waals surface area contributed by atoms with Gasteiger partial charge in [-0.2, -0.15) is 13.2 Å². The predicted molar refractivity (Wildman–Crippen MR) is 42.3 cm³/mol. The topological polar surface area (TPSA) is 86.6 Å². The van der Waals surface area contributed by atoms with E-state index in [0.29, 0.717) is 5.92 Å². The molecule has 0 radical (unpaired) electrons. The summed E-state index contributed by atoms with van der Waals surface area (Å²) in [7, 11) is 0. The molecule has 1 saturated heterocycles. The molecule has 5 nitrogen and oxygen atoms in total. The van der Waals surface area contributed by atoms with Gasteiger partial charge in [0.25, 0.3) is 0 Å². The highest BCUT2D eigenvalue weighted by Crippen LogP contribution is 2.13. The highest BCUT2D eigenvalue weighted by Gasteiger charge is 2.38. The van der Waals surface area contributed by atoms with Crippen LogP contribution >= 0.6 is 0 Å². The number of alkyl halides is 3. The first kappa shape index (κ1) is 13.7. The Bertz CT molecular complexity index is 253. The summed E-state index contributed by atoms with van der Waals surface area (Å²) >= 11 is 0. The van der Waals surface area contributed by atoms with E-state index in [4.69, 9.17) is 15.0 Å². The van der Waals surface area contributed by atoms with Crippen LogP contribution < -0.4 is 5.32 Å². The van der Waals surface area contributed by atoms with E-state index in [0.717, 1.165) is 6.54 Å². The first-order valence-electron chi connectivity index (χ1n) is 3.92. The van der Waals surface area contributed by atoms with Gasteiger partial charge in [0, 0.05) is 6.54 Å². The van der Waals surface area contributed by atoms with Crippen LogP contribution in [0.1, 0.15) is 6.92 Å². The van der Waals surface area contributed by atoms with Crippen LogP contribution in [0, 0.1) is 5.92 Å². The number of aliphatic carboxylic acids is 2. The number of rotatable bonds is 1. The van der Waals surface area contributed by atoms with Crippen LogP contribution in [0.2, 0.25) is 0 Å². The van der Waals surface area contributed by atoms with Crippen LogP contribution in [0.3, 0.4) is 0 Å². The zero-order chi connectivity index (χ0) is 12.2. The van der Waals surface area contributed by atoms with Crippen LogP contribution in [0.25, 0.3) is 0 Å². The maximum atomic E-state index is 10.6. The van der Waals surface area contributed by atoms with Gasteiger partial charge in [-0.15, -0.1) is 0 Å². The highest BCUT2D eigenvalue weighted by atomic mass is 19.4. The molecule has 2 atom stereocenters. The summed E-state index contributed by atoms with van der Waals surface area (Å²) in [5.41, 5.74) is 0. The van der Waals surface area contributed by atoms with Crippen molar-refractivity contribution in [1.82, 2.24) is 5.32 Å². The van der Waals surface area contributed by atoms with Gasteiger partial charge in [-0.3, -0.25) is 4.79 Å². The van der Waals surface area contributed by atoms with Gasteiger partial charge in [-0.25, -0.2) is 4.79 Å². The van der Waals surface area contributed by atoms with E-state index < -0.39 is 18.1 Å². The Labute approximate surface area is 82.9 Å². The van der Waals surface area contributed by atoms with Crippen LogP contribution in [0.4, 0.5) is 13.2 Å². The molecule has 1 fully saturated rings. The molecule has 88 valence electrons. The first-order chi connectivity index (χ1) is 6.66. The molecule has 8 heteroatoms. The normalized spacial score (nSPS) is 24.5. The van der Waals surface area contributed by atoms with Crippen molar-refractivity contribution in [3.63, 3.8) is 0 Å². The lowest BCUT2D eigenvalue weighted by molar-refractivity contribution is -0.192. The molecular weight excluding hydrogens is 219 g/mol. The largest absolute Gasteiger partial charge is 0.490 e. The van der Waals surface area contributed by atoms with Crippen LogP contribution in [0.5, 0.6) is 0 Å². The molecule has 0 aromatic carbocycles. The number of hydrogen-bond acceptors (Lipinski definition) is 3. The van der Waals surface area contributed by atoms with E-state index in [-0.39, 0.29) is 6.04 Å². The van der Waals surface area contributed by atoms with Crippen molar-refractivity contribution in [1.29, 1.82) is 0 Å². The summed E-state index contributed by atoms with van der Waals surface area (Å²) in [6.07, 6.45) is -5.08. The van der Waals surface area contributed by atoms with Crippen molar-refractivity contribution in [2.24, 2.45) is 5.92 Å². The molecule has 0 bridgehead atoms. The average Bonchev–Trinajstić information content (AvgIpc) is 1.99. The number of carbonyl (C=O) groups is 2. The second-order valence-electron chi connectivity index (χ2n) is 3.00. The van der Waals surface area contributed by atoms with E-state index in [1.54, 1.807) is 0 Å². The highest BCUT2D eigenvalue weighted by molar-refractivity contribution is 5.75. The molecule has 0 amide bonds. The van der Waals surface area contributed by atoms with Gasteiger partial charge in [0.05, 0.1) is 0 Å². The molecule has 0 saturated carbocycles. The SMILES string of the molecule is C[C@@H]1CN[C@@H]1C(=O)O.O=C(O)C(F)(F)F. The zero-order valence-corrected chi connectivity index (χ0v) is 7.71. The standard InChI is InChI=1S/C5H9NO2.C2HF3O2/c1-3-2-6-4(3)5(7)8;3-2(4,5)1(6)7/h3-4,6H,2H2,1H3,(H,7,8);(H,6,7)/t3-,4+;/m1./s1. The minimum Gasteiger partial charge on any atom is -0.480 e. The van der Waals surface area contributed by atoms with Gasteiger partial charge in [0.1, 0.15) is 6.04 Å². The van der Waals surface area contributed by atoms with E-state index in [9.17, 15) is 18.0 Å². The van der Waals surface area contributed by atoms with E-state index in [1.165, 1.54) is 0 Å². The fourth-order valence-electron chi connectivity index (χ4n) is 0.802. The summed E-state index contributed by atoms with van der Waals surface area (Å²) in [4.78, 5) is 19.0. The smallest absolute Gasteiger partial charge is 0.480 e. The minimum absolute atomic E-state index is 0.282. The second kappa shape index (κ2) is 4.96. The summed E-state index contributed by atoms with van der Waals surface area (Å²) in [6, 6.07) is -0.282. The third-order valence-corrected chi connectivity index (χ3v) is 1.74. The predicted octanol–water partition coefficient (Wildman–Crippen LogP) is 0.312. The fraction of sp³-hybridized carbons (Fsp3) is 0.714. The molecule has 0 aromatic rings. The van der Waals surface area contributed by atoms with Crippen LogP contribution in [-0.2, 0) is 9.59 Å². The van der Waals surface area contributed by atoms with Gasteiger partial charge >= 0.3 is 18.1 Å². The number of carboxylic acid groups (broad SMARTS) is 2. The minimum atomic E-state index is -5.08. The van der Waals surface area contributed by atoms with Gasteiger partial charge in [0.15, 0.2) is 0 Å². The van der Waals surface area contributed by atoms with Crippen LogP contribution in [0.15, 0.2) is 0 Å². The number of hydrogen-bond donors (Lipinski definition) is 3. The van der Waals surface area contributed by atoms with Crippen molar-refractivity contribution in [2.45, 2.75) is 19.1 Å². The number of carboxylic acids is 2. The van der Waals surface area contributed by atoms with Crippen molar-refractivity contribution in [3.05, 3.63) is 0 Å². The Morgan fingerprint density at radius 2 is 1.73 bits per heavy atom. The average molecular weight is 229 g/mol. The van der Waals surface area contributed by atoms with Gasteiger partial charge < -0.3 is 15.5 Å². The lowest BCUT2D eigenvalue weighted by atomic mass is 9.94.